The summed E-state index contributed by atoms with van der Waals surface area (Å²) in [6.45, 7) is 7.43. The highest BCUT2D eigenvalue weighted by molar-refractivity contribution is 8.01. The first-order chi connectivity index (χ1) is 13.3. The Morgan fingerprint density at radius 2 is 1.93 bits per heavy atom. The van der Waals surface area contributed by atoms with Gasteiger partial charge in [-0.25, -0.2) is 14.3 Å². The van der Waals surface area contributed by atoms with Crippen LogP contribution in [0.25, 0.3) is 16.0 Å². The van der Waals surface area contributed by atoms with Gasteiger partial charge in [-0.2, -0.15) is 0 Å². The number of benzene rings is 1. The van der Waals surface area contributed by atoms with E-state index in [4.69, 9.17) is 0 Å². The Bertz CT molecular complexity index is 1130. The summed E-state index contributed by atoms with van der Waals surface area (Å²) in [4.78, 5) is 43.1. The van der Waals surface area contributed by atoms with E-state index < -0.39 is 11.2 Å². The van der Waals surface area contributed by atoms with Crippen molar-refractivity contribution in [1.29, 1.82) is 0 Å². The first-order valence-corrected chi connectivity index (χ1v) is 10.8. The number of nitrogens with zero attached hydrogens (tertiary/aromatic N) is 3. The number of rotatable bonds is 6. The van der Waals surface area contributed by atoms with Crippen molar-refractivity contribution in [2.75, 3.05) is 5.75 Å². The van der Waals surface area contributed by atoms with Gasteiger partial charge in [0.05, 0.1) is 5.69 Å². The van der Waals surface area contributed by atoms with E-state index in [0.29, 0.717) is 14.7 Å². The molecule has 2 heterocycles. The van der Waals surface area contributed by atoms with E-state index in [-0.39, 0.29) is 24.1 Å². The average molecular weight is 419 g/mol. The second-order valence-electron chi connectivity index (χ2n) is 6.63. The average Bonchev–Trinajstić information content (AvgIpc) is 3.04. The Morgan fingerprint density at radius 3 is 2.54 bits per heavy atom. The summed E-state index contributed by atoms with van der Waals surface area (Å²) in [6, 6.07) is 7.08. The molecule has 0 unspecified atom stereocenters. The molecule has 0 saturated heterocycles. The molecule has 0 fully saturated rings. The molecule has 0 aliphatic heterocycles. The molecule has 0 aliphatic carbocycles. The van der Waals surface area contributed by atoms with E-state index in [1.54, 1.807) is 12.1 Å². The Hall–Kier alpha value is -2.39. The van der Waals surface area contributed by atoms with E-state index in [0.717, 1.165) is 15.9 Å². The van der Waals surface area contributed by atoms with Crippen LogP contribution in [0.15, 0.2) is 38.2 Å². The minimum atomic E-state index is -0.571. The number of hydrogen-bond donors (Lipinski definition) is 1. The lowest BCUT2D eigenvalue weighted by Gasteiger charge is -2.13. The number of aryl methyl sites for hydroxylation is 1. The molecule has 3 aromatic rings. The number of carbonyl (C=O) groups excluding carboxylic acids is 1. The number of amides is 1. The van der Waals surface area contributed by atoms with Gasteiger partial charge in [-0.3, -0.25) is 14.2 Å². The monoisotopic (exact) mass is 418 g/mol. The topological polar surface area (TPSA) is 86.0 Å². The van der Waals surface area contributed by atoms with Crippen molar-refractivity contribution in [3.8, 4) is 5.69 Å². The number of carbonyl (C=O) groups is 1. The fourth-order valence-corrected chi connectivity index (χ4v) is 4.75. The van der Waals surface area contributed by atoms with Gasteiger partial charge in [-0.15, -0.1) is 11.3 Å². The number of hydrogen-bond acceptors (Lipinski definition) is 6. The maximum absolute atomic E-state index is 13.2. The standard InChI is InChI=1S/C19H22N4O3S2/c1-5-27-18-21-16-15(28-18)17(25)23(13-8-6-12(4)7-9-13)19(26)22(16)10-14(24)20-11(2)3/h6-9,11H,5,10H2,1-4H3,(H,20,24). The zero-order valence-corrected chi connectivity index (χ0v) is 17.8. The SMILES string of the molecule is CCSc1nc2c(s1)c(=O)n(-c1ccc(C)cc1)c(=O)n2CC(=O)NC(C)C. The van der Waals surface area contributed by atoms with E-state index in [1.807, 2.05) is 39.8 Å². The first-order valence-electron chi connectivity index (χ1n) is 8.97. The number of aromatic nitrogens is 3. The molecule has 0 radical (unpaired) electrons. The van der Waals surface area contributed by atoms with Crippen molar-refractivity contribution in [2.24, 2.45) is 0 Å². The number of nitrogens with one attached hydrogen (secondary N) is 1. The van der Waals surface area contributed by atoms with Crippen LogP contribution >= 0.6 is 23.1 Å². The molecule has 28 heavy (non-hydrogen) atoms. The highest BCUT2D eigenvalue weighted by atomic mass is 32.2. The van der Waals surface area contributed by atoms with Gasteiger partial charge in [0.15, 0.2) is 9.99 Å². The zero-order chi connectivity index (χ0) is 20.4. The third-order valence-electron chi connectivity index (χ3n) is 3.98. The van der Waals surface area contributed by atoms with E-state index in [9.17, 15) is 14.4 Å². The third-order valence-corrected chi connectivity index (χ3v) is 6.03. The van der Waals surface area contributed by atoms with Gasteiger partial charge in [0.2, 0.25) is 5.91 Å². The normalized spacial score (nSPS) is 11.3. The van der Waals surface area contributed by atoms with Crippen LogP contribution in [0, 0.1) is 6.92 Å². The summed E-state index contributed by atoms with van der Waals surface area (Å²) in [7, 11) is 0. The second-order valence-corrected chi connectivity index (χ2v) is 9.14. The van der Waals surface area contributed by atoms with Gasteiger partial charge in [0, 0.05) is 6.04 Å². The van der Waals surface area contributed by atoms with Gasteiger partial charge in [-0.05, 0) is 38.7 Å². The summed E-state index contributed by atoms with van der Waals surface area (Å²) in [6.07, 6.45) is 0. The van der Waals surface area contributed by atoms with Crippen LogP contribution in [0.2, 0.25) is 0 Å². The molecule has 2 aromatic heterocycles. The molecule has 0 spiro atoms. The Kier molecular flexibility index (Phi) is 6.04. The van der Waals surface area contributed by atoms with Crippen LogP contribution in [-0.2, 0) is 11.3 Å². The van der Waals surface area contributed by atoms with Crippen molar-refractivity contribution < 1.29 is 4.79 Å². The van der Waals surface area contributed by atoms with Crippen LogP contribution in [0.5, 0.6) is 0 Å². The largest absolute Gasteiger partial charge is 0.352 e. The van der Waals surface area contributed by atoms with Crippen LogP contribution in [0.3, 0.4) is 0 Å². The molecule has 9 heteroatoms. The summed E-state index contributed by atoms with van der Waals surface area (Å²) in [5.74, 6) is 0.495. The Morgan fingerprint density at radius 1 is 1.25 bits per heavy atom. The van der Waals surface area contributed by atoms with Crippen molar-refractivity contribution in [2.45, 2.75) is 44.6 Å². The predicted octanol–water partition coefficient (Wildman–Crippen LogP) is 2.55. The Labute approximate surface area is 170 Å². The van der Waals surface area contributed by atoms with E-state index >= 15 is 0 Å². The number of fused-ring (bicyclic) bond motifs is 1. The van der Waals surface area contributed by atoms with Gasteiger partial charge in [-0.1, -0.05) is 36.4 Å². The molecule has 3 rings (SSSR count). The molecule has 1 amide bonds. The molecular formula is C19H22N4O3S2. The number of thiazole rings is 1. The molecule has 0 saturated carbocycles. The lowest BCUT2D eigenvalue weighted by Crippen LogP contribution is -2.42. The number of thioether (sulfide) groups is 1. The summed E-state index contributed by atoms with van der Waals surface area (Å²) < 4.78 is 3.47. The maximum Gasteiger partial charge on any atom is 0.337 e. The summed E-state index contributed by atoms with van der Waals surface area (Å²) in [5, 5.41) is 2.78. The van der Waals surface area contributed by atoms with Crippen molar-refractivity contribution in [1.82, 2.24) is 19.4 Å². The molecule has 0 aliphatic rings. The quantitative estimate of drug-likeness (QED) is 0.622. The highest BCUT2D eigenvalue weighted by Gasteiger charge is 2.20. The highest BCUT2D eigenvalue weighted by Crippen LogP contribution is 2.27. The fraction of sp³-hybridized carbons (Fsp3) is 0.368. The van der Waals surface area contributed by atoms with Crippen LogP contribution < -0.4 is 16.6 Å². The van der Waals surface area contributed by atoms with Crippen molar-refractivity contribution >= 4 is 39.4 Å². The van der Waals surface area contributed by atoms with Gasteiger partial charge < -0.3 is 5.32 Å². The molecule has 0 bridgehead atoms. The fourth-order valence-electron chi connectivity index (χ4n) is 2.78. The maximum atomic E-state index is 13.2. The minimum absolute atomic E-state index is 0.0525. The molecule has 148 valence electrons. The van der Waals surface area contributed by atoms with Gasteiger partial charge >= 0.3 is 5.69 Å². The summed E-state index contributed by atoms with van der Waals surface area (Å²) in [5.41, 5.74) is 0.772. The van der Waals surface area contributed by atoms with E-state index in [1.165, 1.54) is 27.7 Å². The zero-order valence-electron chi connectivity index (χ0n) is 16.2. The van der Waals surface area contributed by atoms with Gasteiger partial charge in [0.25, 0.3) is 5.56 Å². The lowest BCUT2D eigenvalue weighted by atomic mass is 10.2. The second kappa shape index (κ2) is 8.32. The summed E-state index contributed by atoms with van der Waals surface area (Å²) >= 11 is 2.75. The predicted molar refractivity (Wildman–Crippen MR) is 114 cm³/mol. The van der Waals surface area contributed by atoms with E-state index in [2.05, 4.69) is 10.3 Å². The van der Waals surface area contributed by atoms with Crippen molar-refractivity contribution in [3.63, 3.8) is 0 Å². The minimum Gasteiger partial charge on any atom is -0.352 e. The smallest absolute Gasteiger partial charge is 0.337 e. The van der Waals surface area contributed by atoms with Crippen molar-refractivity contribution in [3.05, 3.63) is 50.7 Å². The molecule has 1 N–H and O–H groups in total. The van der Waals surface area contributed by atoms with Crippen LogP contribution in [-0.4, -0.2) is 31.8 Å². The molecule has 1 aromatic carbocycles. The van der Waals surface area contributed by atoms with Gasteiger partial charge in [0.1, 0.15) is 11.2 Å². The first kappa shape index (κ1) is 20.3. The molecular weight excluding hydrogens is 396 g/mol. The molecule has 0 atom stereocenters. The van der Waals surface area contributed by atoms with Crippen LogP contribution in [0.1, 0.15) is 26.3 Å². The Balaban J connectivity index is 2.26. The lowest BCUT2D eigenvalue weighted by molar-refractivity contribution is -0.122. The molecule has 7 nitrogen and oxygen atoms in total. The third kappa shape index (κ3) is 4.05. The van der Waals surface area contributed by atoms with Crippen LogP contribution in [0.4, 0.5) is 0 Å².